The number of oxazole rings is 1. The minimum absolute atomic E-state index is 0.158. The SMILES string of the molecule is CC(Oc1ccc(C(=O)C2CC2)cc1)c1coc(-c2ccc(C(=O)NC(CO)CO)c(F)c2)n1. The van der Waals surface area contributed by atoms with Gasteiger partial charge in [0.25, 0.3) is 5.91 Å². The molecule has 1 atom stereocenters. The van der Waals surface area contributed by atoms with Gasteiger partial charge in [0.05, 0.1) is 24.8 Å². The summed E-state index contributed by atoms with van der Waals surface area (Å²) in [4.78, 5) is 28.6. The van der Waals surface area contributed by atoms with Crippen LogP contribution in [-0.4, -0.2) is 46.1 Å². The summed E-state index contributed by atoms with van der Waals surface area (Å²) in [5.74, 6) is -0.490. The fourth-order valence-electron chi connectivity index (χ4n) is 3.39. The number of benzene rings is 2. The summed E-state index contributed by atoms with van der Waals surface area (Å²) in [7, 11) is 0. The summed E-state index contributed by atoms with van der Waals surface area (Å²) in [5, 5.41) is 20.5. The van der Waals surface area contributed by atoms with E-state index in [1.807, 2.05) is 0 Å². The van der Waals surface area contributed by atoms with Crippen molar-refractivity contribution < 1.29 is 33.3 Å². The molecule has 34 heavy (non-hydrogen) atoms. The molecular weight excluding hydrogens is 443 g/mol. The molecule has 1 fully saturated rings. The second-order valence-electron chi connectivity index (χ2n) is 8.23. The quantitative estimate of drug-likeness (QED) is 0.390. The molecular formula is C25H25FN2O6. The first-order valence-electron chi connectivity index (χ1n) is 11.0. The first-order chi connectivity index (χ1) is 16.4. The average molecular weight is 468 g/mol. The van der Waals surface area contributed by atoms with Gasteiger partial charge in [-0.3, -0.25) is 9.59 Å². The topological polar surface area (TPSA) is 122 Å². The van der Waals surface area contributed by atoms with Crippen molar-refractivity contribution in [1.82, 2.24) is 10.3 Å². The second-order valence-corrected chi connectivity index (χ2v) is 8.23. The molecule has 0 radical (unpaired) electrons. The first-order valence-corrected chi connectivity index (χ1v) is 11.0. The Hall–Kier alpha value is -3.56. The number of carbonyl (C=O) groups is 2. The van der Waals surface area contributed by atoms with Crippen LogP contribution in [0.25, 0.3) is 11.5 Å². The van der Waals surface area contributed by atoms with E-state index >= 15 is 0 Å². The molecule has 1 aliphatic carbocycles. The number of amides is 1. The van der Waals surface area contributed by atoms with Crippen LogP contribution in [0.1, 0.15) is 52.3 Å². The Kier molecular flexibility index (Phi) is 7.04. The molecule has 1 heterocycles. The monoisotopic (exact) mass is 468 g/mol. The molecule has 9 heteroatoms. The lowest BCUT2D eigenvalue weighted by Crippen LogP contribution is -2.40. The number of nitrogens with one attached hydrogen (secondary N) is 1. The van der Waals surface area contributed by atoms with Crippen molar-refractivity contribution in [3.63, 3.8) is 0 Å². The third-order valence-electron chi connectivity index (χ3n) is 5.57. The lowest BCUT2D eigenvalue weighted by molar-refractivity contribution is 0.0875. The zero-order chi connectivity index (χ0) is 24.2. The van der Waals surface area contributed by atoms with E-state index in [0.29, 0.717) is 22.6 Å². The van der Waals surface area contributed by atoms with Gasteiger partial charge >= 0.3 is 0 Å². The third kappa shape index (κ3) is 5.32. The smallest absolute Gasteiger partial charge is 0.254 e. The van der Waals surface area contributed by atoms with E-state index in [9.17, 15) is 14.0 Å². The van der Waals surface area contributed by atoms with Gasteiger partial charge in [0.1, 0.15) is 29.6 Å². The van der Waals surface area contributed by atoms with Crippen LogP contribution in [0.3, 0.4) is 0 Å². The average Bonchev–Trinajstić information content (AvgIpc) is 3.58. The lowest BCUT2D eigenvalue weighted by atomic mass is 10.1. The Labute approximate surface area is 195 Å². The van der Waals surface area contributed by atoms with Gasteiger partial charge in [-0.2, -0.15) is 0 Å². The summed E-state index contributed by atoms with van der Waals surface area (Å²) < 4.78 is 25.9. The molecule has 1 amide bonds. The number of rotatable bonds is 10. The highest BCUT2D eigenvalue weighted by molar-refractivity contribution is 5.99. The number of aliphatic hydroxyl groups excluding tert-OH is 2. The van der Waals surface area contributed by atoms with Crippen LogP contribution in [0.4, 0.5) is 4.39 Å². The van der Waals surface area contributed by atoms with Gasteiger partial charge in [-0.25, -0.2) is 9.37 Å². The van der Waals surface area contributed by atoms with Crippen LogP contribution in [-0.2, 0) is 0 Å². The van der Waals surface area contributed by atoms with E-state index in [1.54, 1.807) is 31.2 Å². The van der Waals surface area contributed by atoms with Crippen molar-refractivity contribution in [1.29, 1.82) is 0 Å². The Morgan fingerprint density at radius 3 is 2.50 bits per heavy atom. The second kappa shape index (κ2) is 10.1. The molecule has 0 bridgehead atoms. The van der Waals surface area contributed by atoms with Crippen molar-refractivity contribution in [2.75, 3.05) is 13.2 Å². The fraction of sp³-hybridized carbons (Fsp3) is 0.320. The predicted octanol–water partition coefficient (Wildman–Crippen LogP) is 3.30. The van der Waals surface area contributed by atoms with Gasteiger partial charge < -0.3 is 24.7 Å². The number of carbonyl (C=O) groups excluding carboxylic acids is 2. The van der Waals surface area contributed by atoms with E-state index in [4.69, 9.17) is 19.4 Å². The molecule has 1 unspecified atom stereocenters. The van der Waals surface area contributed by atoms with Crippen molar-refractivity contribution in [2.24, 2.45) is 5.92 Å². The molecule has 1 aromatic heterocycles. The van der Waals surface area contributed by atoms with Crippen LogP contribution in [0.15, 0.2) is 53.1 Å². The number of aromatic nitrogens is 1. The van der Waals surface area contributed by atoms with Crippen LogP contribution in [0.5, 0.6) is 5.75 Å². The number of hydrogen-bond acceptors (Lipinski definition) is 7. The Bertz CT molecular complexity index is 1170. The molecule has 2 aromatic carbocycles. The summed E-state index contributed by atoms with van der Waals surface area (Å²) in [6.07, 6.45) is 2.86. The van der Waals surface area contributed by atoms with Crippen molar-refractivity contribution in [3.05, 3.63) is 71.4 Å². The Morgan fingerprint density at radius 2 is 1.88 bits per heavy atom. The van der Waals surface area contributed by atoms with Gasteiger partial charge in [-0.15, -0.1) is 0 Å². The maximum atomic E-state index is 14.5. The summed E-state index contributed by atoms with van der Waals surface area (Å²) in [6.45, 7) is 0.853. The number of Topliss-reactive ketones (excluding diaryl/α,β-unsaturated/α-hetero) is 1. The van der Waals surface area contributed by atoms with Crippen molar-refractivity contribution in [2.45, 2.75) is 31.9 Å². The number of ether oxygens (including phenoxy) is 1. The highest BCUT2D eigenvalue weighted by Crippen LogP contribution is 2.33. The van der Waals surface area contributed by atoms with E-state index in [2.05, 4.69) is 10.3 Å². The third-order valence-corrected chi connectivity index (χ3v) is 5.57. The summed E-state index contributed by atoms with van der Waals surface area (Å²) >= 11 is 0. The standard InChI is InChI=1S/C25H25FN2O6/c1-14(34-19-7-4-16(5-8-19)23(31)15-2-3-15)22-13-33-25(28-22)17-6-9-20(21(26)10-17)24(32)27-18(11-29)12-30/h4-10,13-15,18,29-30H,2-3,11-12H2,1H3,(H,27,32). The number of ketones is 1. The molecule has 8 nitrogen and oxygen atoms in total. The maximum Gasteiger partial charge on any atom is 0.254 e. The van der Waals surface area contributed by atoms with Crippen molar-refractivity contribution >= 4 is 11.7 Å². The predicted molar refractivity (Wildman–Crippen MR) is 120 cm³/mol. The molecule has 1 saturated carbocycles. The Balaban J connectivity index is 1.41. The summed E-state index contributed by atoms with van der Waals surface area (Å²) in [6, 6.07) is 9.99. The van der Waals surface area contributed by atoms with Crippen molar-refractivity contribution in [3.8, 4) is 17.2 Å². The van der Waals surface area contributed by atoms with Gasteiger partial charge in [-0.05, 0) is 62.2 Å². The highest BCUT2D eigenvalue weighted by Gasteiger charge is 2.30. The highest BCUT2D eigenvalue weighted by atomic mass is 19.1. The molecule has 0 saturated heterocycles. The van der Waals surface area contributed by atoms with E-state index in [1.165, 1.54) is 18.4 Å². The number of hydrogen-bond donors (Lipinski definition) is 3. The normalized spacial score (nSPS) is 14.1. The van der Waals surface area contributed by atoms with E-state index < -0.39 is 37.1 Å². The molecule has 3 aromatic rings. The Morgan fingerprint density at radius 1 is 1.18 bits per heavy atom. The molecule has 178 valence electrons. The molecule has 0 spiro atoms. The fourth-order valence-corrected chi connectivity index (χ4v) is 3.39. The van der Waals surface area contributed by atoms with E-state index in [-0.39, 0.29) is 23.2 Å². The first kappa shape index (κ1) is 23.6. The number of aliphatic hydroxyl groups is 2. The molecule has 4 rings (SSSR count). The van der Waals surface area contributed by atoms with Crippen LogP contribution >= 0.6 is 0 Å². The van der Waals surface area contributed by atoms with E-state index in [0.717, 1.165) is 18.9 Å². The maximum absolute atomic E-state index is 14.5. The van der Waals surface area contributed by atoms with Gasteiger partial charge in [0.15, 0.2) is 5.78 Å². The zero-order valence-electron chi connectivity index (χ0n) is 18.5. The molecule has 3 N–H and O–H groups in total. The minimum Gasteiger partial charge on any atom is -0.484 e. The van der Waals surface area contributed by atoms with Crippen LogP contribution < -0.4 is 10.1 Å². The van der Waals surface area contributed by atoms with Crippen LogP contribution in [0.2, 0.25) is 0 Å². The lowest BCUT2D eigenvalue weighted by Gasteiger charge is -2.13. The van der Waals surface area contributed by atoms with Gasteiger partial charge in [-0.1, -0.05) is 0 Å². The molecule has 1 aliphatic rings. The number of halogens is 1. The number of nitrogens with zero attached hydrogens (tertiary/aromatic N) is 1. The van der Waals surface area contributed by atoms with Gasteiger partial charge in [0.2, 0.25) is 5.89 Å². The largest absolute Gasteiger partial charge is 0.484 e. The minimum atomic E-state index is -0.878. The molecule has 0 aliphatic heterocycles. The van der Waals surface area contributed by atoms with Gasteiger partial charge in [0, 0.05) is 17.0 Å². The zero-order valence-corrected chi connectivity index (χ0v) is 18.5. The van der Waals surface area contributed by atoms with Crippen LogP contribution in [0, 0.1) is 11.7 Å². The summed E-state index contributed by atoms with van der Waals surface area (Å²) in [5.41, 5.74) is 1.26.